The van der Waals surface area contributed by atoms with Crippen LogP contribution in [0.5, 0.6) is 0 Å². The molecule has 1 aliphatic heterocycles. The number of rotatable bonds is 5. The summed E-state index contributed by atoms with van der Waals surface area (Å²) in [6.45, 7) is 4.85. The fraction of sp³-hybridized carbons (Fsp3) is 0.292. The fourth-order valence-electron chi connectivity index (χ4n) is 3.83. The molecule has 0 aliphatic carbocycles. The van der Waals surface area contributed by atoms with Gasteiger partial charge in [-0.05, 0) is 49.0 Å². The van der Waals surface area contributed by atoms with Crippen molar-refractivity contribution in [2.24, 2.45) is 0 Å². The Balaban J connectivity index is 1.33. The number of piperazine rings is 1. The Morgan fingerprint density at radius 2 is 1.85 bits per heavy atom. The summed E-state index contributed by atoms with van der Waals surface area (Å²) in [4.78, 5) is 28.6. The van der Waals surface area contributed by atoms with Gasteiger partial charge in [0.1, 0.15) is 5.58 Å². The number of anilines is 2. The Hall–Kier alpha value is -3.10. The first-order chi connectivity index (χ1) is 15.9. The van der Waals surface area contributed by atoms with Gasteiger partial charge in [0.05, 0.1) is 10.7 Å². The second-order valence-corrected chi connectivity index (χ2v) is 8.66. The van der Waals surface area contributed by atoms with Crippen LogP contribution >= 0.6 is 23.8 Å². The number of hydrogen-bond acceptors (Lipinski definition) is 5. The predicted molar refractivity (Wildman–Crippen MR) is 135 cm³/mol. The van der Waals surface area contributed by atoms with E-state index in [9.17, 15) is 9.59 Å². The monoisotopic (exact) mass is 484 g/mol. The van der Waals surface area contributed by atoms with E-state index in [1.165, 1.54) is 0 Å². The summed E-state index contributed by atoms with van der Waals surface area (Å²) in [5.74, 6) is -0.0341. The number of carbonyl (C=O) groups excluding carboxylic acids is 2. The number of benzene rings is 2. The number of nitrogens with zero attached hydrogens (tertiary/aromatic N) is 2. The van der Waals surface area contributed by atoms with Crippen LogP contribution in [0.2, 0.25) is 5.02 Å². The molecule has 0 bridgehead atoms. The summed E-state index contributed by atoms with van der Waals surface area (Å²) in [6, 6.07) is 14.6. The number of furan rings is 1. The van der Waals surface area contributed by atoms with E-state index in [1.54, 1.807) is 18.2 Å². The second-order valence-electron chi connectivity index (χ2n) is 7.84. The van der Waals surface area contributed by atoms with Crippen molar-refractivity contribution in [2.45, 2.75) is 19.8 Å². The molecule has 1 aromatic heterocycles. The van der Waals surface area contributed by atoms with Crippen LogP contribution in [-0.2, 0) is 4.79 Å². The van der Waals surface area contributed by atoms with Gasteiger partial charge in [-0.2, -0.15) is 0 Å². The summed E-state index contributed by atoms with van der Waals surface area (Å²) >= 11 is 11.8. The molecule has 3 aromatic rings. The van der Waals surface area contributed by atoms with Crippen molar-refractivity contribution in [3.63, 3.8) is 0 Å². The molecule has 0 unspecified atom stereocenters. The molecule has 1 fully saturated rings. The minimum Gasteiger partial charge on any atom is -0.451 e. The van der Waals surface area contributed by atoms with E-state index in [2.05, 4.69) is 15.5 Å². The van der Waals surface area contributed by atoms with Crippen LogP contribution in [0.15, 0.2) is 52.9 Å². The number of thiocarbonyl (C=S) groups is 1. The Morgan fingerprint density at radius 1 is 1.09 bits per heavy atom. The molecule has 2 heterocycles. The number of fused-ring (bicyclic) bond motifs is 1. The molecule has 0 spiro atoms. The predicted octanol–water partition coefficient (Wildman–Crippen LogP) is 4.66. The van der Waals surface area contributed by atoms with Crippen LogP contribution < -0.4 is 15.5 Å². The highest BCUT2D eigenvalue weighted by Crippen LogP contribution is 2.30. The highest BCUT2D eigenvalue weighted by molar-refractivity contribution is 7.80. The zero-order valence-electron chi connectivity index (χ0n) is 18.3. The SMILES string of the molecule is CCCC(=O)N1CCN(c2ccc(NC(=S)NC(=O)c3cc4ccccc4o3)cc2Cl)CC1. The average molecular weight is 485 g/mol. The molecular weight excluding hydrogens is 460 g/mol. The maximum Gasteiger partial charge on any atom is 0.293 e. The van der Waals surface area contributed by atoms with Crippen molar-refractivity contribution >= 4 is 63.1 Å². The molecule has 1 saturated heterocycles. The minimum atomic E-state index is -0.429. The van der Waals surface area contributed by atoms with Crippen LogP contribution in [-0.4, -0.2) is 48.0 Å². The molecule has 9 heteroatoms. The zero-order chi connectivity index (χ0) is 23.4. The number of halogens is 1. The van der Waals surface area contributed by atoms with Crippen molar-refractivity contribution in [3.05, 3.63) is 59.3 Å². The summed E-state index contributed by atoms with van der Waals surface area (Å²) < 4.78 is 5.57. The number of para-hydroxylation sites is 1. The summed E-state index contributed by atoms with van der Waals surface area (Å²) in [5, 5.41) is 7.17. The van der Waals surface area contributed by atoms with E-state index in [4.69, 9.17) is 28.2 Å². The van der Waals surface area contributed by atoms with E-state index < -0.39 is 5.91 Å². The standard InChI is InChI=1S/C24H25ClN4O3S/c1-2-5-22(30)29-12-10-28(11-13-29)19-9-8-17(15-18(19)25)26-24(33)27-23(31)21-14-16-6-3-4-7-20(16)32-21/h3-4,6-9,14-15H,2,5,10-13H2,1H3,(H2,26,27,31,33). The van der Waals surface area contributed by atoms with Gasteiger partial charge in [-0.15, -0.1) is 0 Å². The lowest BCUT2D eigenvalue weighted by atomic mass is 10.2. The van der Waals surface area contributed by atoms with Crippen LogP contribution in [0.25, 0.3) is 11.0 Å². The van der Waals surface area contributed by atoms with Gasteiger partial charge >= 0.3 is 0 Å². The van der Waals surface area contributed by atoms with Crippen molar-refractivity contribution in [1.82, 2.24) is 10.2 Å². The Bertz CT molecular complexity index is 1150. The lowest BCUT2D eigenvalue weighted by molar-refractivity contribution is -0.131. The molecule has 1 aliphatic rings. The van der Waals surface area contributed by atoms with E-state index in [0.29, 0.717) is 35.8 Å². The minimum absolute atomic E-state index is 0.146. The summed E-state index contributed by atoms with van der Waals surface area (Å²) in [6.07, 6.45) is 1.45. The number of amides is 2. The maximum atomic E-state index is 12.5. The first kappa shape index (κ1) is 23.1. The van der Waals surface area contributed by atoms with Crippen LogP contribution in [0.4, 0.5) is 11.4 Å². The fourth-order valence-corrected chi connectivity index (χ4v) is 4.34. The Morgan fingerprint density at radius 3 is 2.55 bits per heavy atom. The van der Waals surface area contributed by atoms with Gasteiger partial charge in [0.2, 0.25) is 5.91 Å². The van der Waals surface area contributed by atoms with Gasteiger partial charge in [0.25, 0.3) is 5.91 Å². The molecule has 7 nitrogen and oxygen atoms in total. The second kappa shape index (κ2) is 10.2. The third-order valence-electron chi connectivity index (χ3n) is 5.52. The van der Waals surface area contributed by atoms with E-state index in [0.717, 1.165) is 30.6 Å². The number of nitrogens with one attached hydrogen (secondary N) is 2. The lowest BCUT2D eigenvalue weighted by Crippen LogP contribution is -2.48. The van der Waals surface area contributed by atoms with Gasteiger partial charge in [-0.25, -0.2) is 0 Å². The van der Waals surface area contributed by atoms with E-state index in [1.807, 2.05) is 42.2 Å². The Kier molecular flexibility index (Phi) is 7.15. The molecule has 0 atom stereocenters. The van der Waals surface area contributed by atoms with Crippen molar-refractivity contribution in [1.29, 1.82) is 0 Å². The topological polar surface area (TPSA) is 77.8 Å². The third kappa shape index (κ3) is 5.46. The maximum absolute atomic E-state index is 12.5. The van der Waals surface area contributed by atoms with Crippen molar-refractivity contribution in [2.75, 3.05) is 36.4 Å². The van der Waals surface area contributed by atoms with Crippen molar-refractivity contribution in [3.8, 4) is 0 Å². The van der Waals surface area contributed by atoms with E-state index in [-0.39, 0.29) is 16.8 Å². The highest BCUT2D eigenvalue weighted by Gasteiger charge is 2.22. The van der Waals surface area contributed by atoms with Gasteiger partial charge in [0.15, 0.2) is 10.9 Å². The van der Waals surface area contributed by atoms with Crippen LogP contribution in [0, 0.1) is 0 Å². The van der Waals surface area contributed by atoms with Gasteiger partial charge in [0, 0.05) is 43.7 Å². The van der Waals surface area contributed by atoms with E-state index >= 15 is 0 Å². The number of hydrogen-bond donors (Lipinski definition) is 2. The molecule has 2 amide bonds. The zero-order valence-corrected chi connectivity index (χ0v) is 19.8. The van der Waals surface area contributed by atoms with Crippen LogP contribution in [0.1, 0.15) is 30.3 Å². The van der Waals surface area contributed by atoms with Gasteiger partial charge in [-0.3, -0.25) is 14.9 Å². The Labute approximate surface area is 202 Å². The number of carbonyl (C=O) groups is 2. The average Bonchev–Trinajstić information content (AvgIpc) is 3.24. The van der Waals surface area contributed by atoms with Gasteiger partial charge in [-0.1, -0.05) is 36.7 Å². The summed E-state index contributed by atoms with van der Waals surface area (Å²) in [7, 11) is 0. The molecule has 4 rings (SSSR count). The summed E-state index contributed by atoms with van der Waals surface area (Å²) in [5.41, 5.74) is 2.21. The quantitative estimate of drug-likeness (QED) is 0.513. The highest BCUT2D eigenvalue weighted by atomic mass is 35.5. The van der Waals surface area contributed by atoms with Crippen LogP contribution in [0.3, 0.4) is 0 Å². The largest absolute Gasteiger partial charge is 0.451 e. The first-order valence-electron chi connectivity index (χ1n) is 10.9. The molecular formula is C24H25ClN4O3S. The smallest absolute Gasteiger partial charge is 0.293 e. The first-order valence-corrected chi connectivity index (χ1v) is 11.7. The molecule has 0 radical (unpaired) electrons. The molecule has 33 heavy (non-hydrogen) atoms. The lowest BCUT2D eigenvalue weighted by Gasteiger charge is -2.36. The molecule has 0 saturated carbocycles. The normalized spacial score (nSPS) is 13.8. The molecule has 2 N–H and O–H groups in total. The van der Waals surface area contributed by atoms with Crippen molar-refractivity contribution < 1.29 is 14.0 Å². The van der Waals surface area contributed by atoms with Gasteiger partial charge < -0.3 is 19.5 Å². The molecule has 172 valence electrons. The third-order valence-corrected chi connectivity index (χ3v) is 6.03. The molecule has 2 aromatic carbocycles.